The first-order valence-electron chi connectivity index (χ1n) is 34.7. The first-order chi connectivity index (χ1) is 46.2. The van der Waals surface area contributed by atoms with Gasteiger partial charge in [-0.2, -0.15) is 0 Å². The highest BCUT2D eigenvalue weighted by Gasteiger charge is 2.58. The Morgan fingerprint density at radius 2 is 0.469 bits per heavy atom. The highest BCUT2D eigenvalue weighted by atomic mass is 16.8. The van der Waals surface area contributed by atoms with E-state index in [0.29, 0.717) is 13.2 Å². The molecule has 33 nitrogen and oxygen atoms in total. The standard InChI is InChI=1S/C63H116O33/c1-3-5-7-9-11-13-15-17-19-21-23-83-31-33(32-84-24-22-20-18-16-14-12-10-8-6-4-2)85-58-48(78)42(72)53(35(26-65)87-58)93-60-50(80)44(74)55(37(28-67)89-60)95-62-52(82)46(76)57(39(30-69)91-62)96-63-51(81)45(75)56(38(29-68)90-63)94-61-49(79)43(73)54(36(27-66)88-61)92-59-47(77)41(71)40(70)34(25-64)86-59/h33-82H,3-32H2,1-2H3/t34-,35-,36-,37-,38-,39-,40-,41+,42-,43-,44-,45-,46-,47-,48-,49-,50-,51-,52-,53-,54-,55-,56-,57-,58-,59-,60-,61+,62+,63-/m1/s1. The fraction of sp³-hybridized carbons (Fsp3) is 1.00. The van der Waals surface area contributed by atoms with Crippen LogP contribution < -0.4 is 0 Å². The van der Waals surface area contributed by atoms with Crippen LogP contribution in [0, 0.1) is 0 Å². The minimum absolute atomic E-state index is 0.0669. The Balaban J connectivity index is 1.00. The summed E-state index contributed by atoms with van der Waals surface area (Å²) >= 11 is 0. The predicted octanol–water partition coefficient (Wildman–Crippen LogP) is -4.83. The number of aliphatic hydroxyl groups is 19. The third-order valence-electron chi connectivity index (χ3n) is 18.6. The van der Waals surface area contributed by atoms with Crippen LogP contribution in [-0.4, -0.2) is 353 Å². The Morgan fingerprint density at radius 3 is 0.729 bits per heavy atom. The second kappa shape index (κ2) is 43.7. The van der Waals surface area contributed by atoms with Crippen LogP contribution in [0.15, 0.2) is 0 Å². The van der Waals surface area contributed by atoms with E-state index in [2.05, 4.69) is 13.8 Å². The average Bonchev–Trinajstić information content (AvgIpc) is 0.783. The number of unbranched alkanes of at least 4 members (excludes halogenated alkanes) is 18. The highest BCUT2D eigenvalue weighted by molar-refractivity contribution is 5.00. The molecule has 30 atom stereocenters. The second-order valence-corrected chi connectivity index (χ2v) is 26.0. The summed E-state index contributed by atoms with van der Waals surface area (Å²) < 4.78 is 81.1. The summed E-state index contributed by atoms with van der Waals surface area (Å²) in [4.78, 5) is 0. The van der Waals surface area contributed by atoms with Gasteiger partial charge >= 0.3 is 0 Å². The van der Waals surface area contributed by atoms with E-state index in [1.165, 1.54) is 77.0 Å². The lowest BCUT2D eigenvalue weighted by Crippen LogP contribution is -2.68. The summed E-state index contributed by atoms with van der Waals surface area (Å²) in [6, 6.07) is 0. The Kier molecular flexibility index (Phi) is 38.1. The molecule has 0 aliphatic carbocycles. The molecule has 566 valence electrons. The van der Waals surface area contributed by atoms with E-state index in [-0.39, 0.29) is 13.2 Å². The summed E-state index contributed by atoms with van der Waals surface area (Å²) in [5.41, 5.74) is 0. The van der Waals surface area contributed by atoms with Gasteiger partial charge in [0.05, 0.1) is 52.9 Å². The number of ether oxygens (including phenoxy) is 14. The topological polar surface area (TPSA) is 514 Å². The Labute approximate surface area is 560 Å². The van der Waals surface area contributed by atoms with Gasteiger partial charge in [0.1, 0.15) is 153 Å². The van der Waals surface area contributed by atoms with Gasteiger partial charge in [0.2, 0.25) is 0 Å². The third-order valence-corrected chi connectivity index (χ3v) is 18.6. The summed E-state index contributed by atoms with van der Waals surface area (Å²) in [5, 5.41) is 206. The van der Waals surface area contributed by atoms with E-state index >= 15 is 0 Å². The predicted molar refractivity (Wildman–Crippen MR) is 327 cm³/mol. The molecule has 0 spiro atoms. The molecule has 6 rings (SSSR count). The molecule has 0 amide bonds. The molecule has 6 aliphatic heterocycles. The Bertz CT molecular complexity index is 1990. The van der Waals surface area contributed by atoms with Gasteiger partial charge in [0.25, 0.3) is 0 Å². The van der Waals surface area contributed by atoms with Gasteiger partial charge in [0.15, 0.2) is 37.7 Å². The van der Waals surface area contributed by atoms with Crippen molar-refractivity contribution in [1.29, 1.82) is 0 Å². The van der Waals surface area contributed by atoms with Gasteiger partial charge in [-0.05, 0) is 12.8 Å². The largest absolute Gasteiger partial charge is 0.394 e. The molecule has 6 fully saturated rings. The van der Waals surface area contributed by atoms with E-state index in [9.17, 15) is 97.0 Å². The fourth-order valence-corrected chi connectivity index (χ4v) is 12.7. The molecule has 6 saturated heterocycles. The van der Waals surface area contributed by atoms with Crippen molar-refractivity contribution in [3.8, 4) is 0 Å². The van der Waals surface area contributed by atoms with Crippen LogP contribution in [-0.2, 0) is 66.3 Å². The van der Waals surface area contributed by atoms with Crippen molar-refractivity contribution in [2.24, 2.45) is 0 Å². The van der Waals surface area contributed by atoms with Gasteiger partial charge < -0.3 is 163 Å². The van der Waals surface area contributed by atoms with Crippen molar-refractivity contribution in [2.45, 2.75) is 333 Å². The monoisotopic (exact) mass is 1400 g/mol. The molecule has 6 aliphatic rings. The quantitative estimate of drug-likeness (QED) is 0.0255. The smallest absolute Gasteiger partial charge is 0.187 e. The van der Waals surface area contributed by atoms with Gasteiger partial charge in [-0.3, -0.25) is 0 Å². The molecule has 19 N–H and O–H groups in total. The zero-order valence-corrected chi connectivity index (χ0v) is 55.3. The lowest BCUT2D eigenvalue weighted by atomic mass is 9.95. The number of hydrogen-bond acceptors (Lipinski definition) is 33. The normalized spacial score (nSPS) is 40.9. The van der Waals surface area contributed by atoms with Crippen molar-refractivity contribution >= 4 is 0 Å². The molecule has 0 saturated carbocycles. The number of rotatable bonds is 44. The van der Waals surface area contributed by atoms with Gasteiger partial charge in [0, 0.05) is 13.2 Å². The van der Waals surface area contributed by atoms with Gasteiger partial charge in [-0.25, -0.2) is 0 Å². The molecule has 0 bridgehead atoms. The molecular weight excluding hydrogens is 1280 g/mol. The van der Waals surface area contributed by atoms with Crippen LogP contribution >= 0.6 is 0 Å². The van der Waals surface area contributed by atoms with Crippen LogP contribution in [0.2, 0.25) is 0 Å². The first kappa shape index (κ1) is 83.6. The third kappa shape index (κ3) is 23.3. The fourth-order valence-electron chi connectivity index (χ4n) is 12.7. The molecule has 33 heteroatoms. The molecular formula is C63H116O33. The highest BCUT2D eigenvalue weighted by Crippen LogP contribution is 2.37. The van der Waals surface area contributed by atoms with Crippen molar-refractivity contribution < 1.29 is 163 Å². The molecule has 96 heavy (non-hydrogen) atoms. The lowest BCUT2D eigenvalue weighted by molar-refractivity contribution is -0.396. The molecule has 0 unspecified atom stereocenters. The second-order valence-electron chi connectivity index (χ2n) is 26.0. The first-order valence-corrected chi connectivity index (χ1v) is 34.7. The van der Waals surface area contributed by atoms with E-state index in [1.807, 2.05) is 0 Å². The summed E-state index contributed by atoms with van der Waals surface area (Å²) in [6.45, 7) is -0.188. The van der Waals surface area contributed by atoms with E-state index in [0.717, 1.165) is 51.4 Å². The van der Waals surface area contributed by atoms with Gasteiger partial charge in [-0.1, -0.05) is 129 Å². The molecule has 0 aromatic heterocycles. The van der Waals surface area contributed by atoms with E-state index < -0.39 is 230 Å². The summed E-state index contributed by atoms with van der Waals surface area (Å²) in [6.07, 6.45) is -33.9. The molecule has 0 radical (unpaired) electrons. The summed E-state index contributed by atoms with van der Waals surface area (Å²) in [5.74, 6) is 0. The number of aliphatic hydroxyl groups excluding tert-OH is 19. The lowest BCUT2D eigenvalue weighted by Gasteiger charge is -2.50. The molecule has 6 heterocycles. The maximum Gasteiger partial charge on any atom is 0.187 e. The SMILES string of the molecule is CCCCCCCCCCCCOCC(COCCCCCCCCCCCC)O[C@@H]1O[C@H](CO)[C@@H](O[C@H]2O[C@H](CO)[C@@H](O[C@@H]3O[C@H](CO)[C@@H](O[C@H]4O[C@H](CO)[C@@H](O[C@@H]5O[C@H](CO)[C@@H](O[C@H]6O[C@H](CO)[C@@H](O)[C@H](O)[C@H]6O)[C@H](O)[C@H]5O)[C@H](O)[C@H]4O)[C@H](O)[C@H]3O)[C@H](O)[C@H]2O)[C@H](O)[C@H]1O. The average molecular weight is 1400 g/mol. The van der Waals surface area contributed by atoms with E-state index in [1.54, 1.807) is 0 Å². The zero-order chi connectivity index (χ0) is 70.0. The van der Waals surface area contributed by atoms with Crippen molar-refractivity contribution in [2.75, 3.05) is 66.1 Å². The van der Waals surface area contributed by atoms with Crippen molar-refractivity contribution in [3.05, 3.63) is 0 Å². The molecule has 0 aromatic rings. The number of hydrogen-bond donors (Lipinski definition) is 19. The van der Waals surface area contributed by atoms with Crippen LogP contribution in [0.5, 0.6) is 0 Å². The van der Waals surface area contributed by atoms with Crippen LogP contribution in [0.3, 0.4) is 0 Å². The minimum atomic E-state index is -2.18. The molecule has 0 aromatic carbocycles. The van der Waals surface area contributed by atoms with E-state index in [4.69, 9.17) is 66.3 Å². The van der Waals surface area contributed by atoms with Crippen molar-refractivity contribution in [1.82, 2.24) is 0 Å². The minimum Gasteiger partial charge on any atom is -0.394 e. The van der Waals surface area contributed by atoms with Gasteiger partial charge in [-0.15, -0.1) is 0 Å². The summed E-state index contributed by atoms with van der Waals surface area (Å²) in [7, 11) is 0. The van der Waals surface area contributed by atoms with Crippen LogP contribution in [0.25, 0.3) is 0 Å². The van der Waals surface area contributed by atoms with Crippen molar-refractivity contribution in [3.63, 3.8) is 0 Å². The van der Waals surface area contributed by atoms with Crippen LogP contribution in [0.4, 0.5) is 0 Å². The zero-order valence-electron chi connectivity index (χ0n) is 55.3. The van der Waals surface area contributed by atoms with Crippen LogP contribution in [0.1, 0.15) is 142 Å². The Morgan fingerprint density at radius 1 is 0.250 bits per heavy atom. The Hall–Kier alpha value is -1.32. The maximum atomic E-state index is 11.5. The maximum absolute atomic E-state index is 11.5.